The van der Waals surface area contributed by atoms with E-state index in [9.17, 15) is 8.78 Å². The summed E-state index contributed by atoms with van der Waals surface area (Å²) in [6.45, 7) is 0. The number of hydrogen-bond donors (Lipinski definition) is 1. The normalized spacial score (nSPS) is 10.6. The molecule has 0 amide bonds. The van der Waals surface area contributed by atoms with Gasteiger partial charge in [0, 0.05) is 5.56 Å². The van der Waals surface area contributed by atoms with E-state index >= 15 is 0 Å². The van der Waals surface area contributed by atoms with Crippen LogP contribution in [0.3, 0.4) is 0 Å². The molecule has 0 spiro atoms. The molecule has 0 aliphatic heterocycles. The summed E-state index contributed by atoms with van der Waals surface area (Å²) >= 11 is 5.56. The lowest BCUT2D eigenvalue weighted by atomic mass is 10.2. The molecule has 14 heavy (non-hydrogen) atoms. The summed E-state index contributed by atoms with van der Waals surface area (Å²) in [5.41, 5.74) is 5.25. The maximum atomic E-state index is 12.4. The van der Waals surface area contributed by atoms with E-state index < -0.39 is 12.1 Å². The Bertz CT molecular complexity index is 333. The second kappa shape index (κ2) is 4.41. The molecule has 6 heteroatoms. The Morgan fingerprint density at radius 1 is 1.64 bits per heavy atom. The van der Waals surface area contributed by atoms with Crippen LogP contribution in [0.2, 0.25) is 0 Å². The molecule has 78 valence electrons. The first kappa shape index (κ1) is 11.0. The van der Waals surface area contributed by atoms with Crippen LogP contribution in [-0.2, 0) is 5.88 Å². The van der Waals surface area contributed by atoms with Crippen molar-refractivity contribution in [2.45, 2.75) is 12.3 Å². The van der Waals surface area contributed by atoms with Crippen molar-refractivity contribution >= 4 is 17.3 Å². The van der Waals surface area contributed by atoms with E-state index in [-0.39, 0.29) is 11.6 Å². The van der Waals surface area contributed by atoms with Gasteiger partial charge in [-0.05, 0) is 0 Å². The fraction of sp³-hybridized carbons (Fsp3) is 0.375. The minimum atomic E-state index is -2.71. The van der Waals surface area contributed by atoms with E-state index in [0.717, 1.165) is 0 Å². The van der Waals surface area contributed by atoms with Gasteiger partial charge in [-0.2, -0.15) is 0 Å². The number of nitrogens with two attached hydrogens (primary N) is 1. The topological polar surface area (TPSA) is 48.1 Å². The van der Waals surface area contributed by atoms with Crippen molar-refractivity contribution in [3.8, 4) is 5.75 Å². The Balaban J connectivity index is 3.27. The molecule has 1 aromatic heterocycles. The molecule has 0 aliphatic rings. The average Bonchev–Trinajstić information content (AvgIpc) is 2.16. The number of ether oxygens (including phenoxy) is 1. The molecule has 0 fully saturated rings. The lowest BCUT2D eigenvalue weighted by molar-refractivity contribution is 0.147. The van der Waals surface area contributed by atoms with Gasteiger partial charge < -0.3 is 10.5 Å². The Morgan fingerprint density at radius 2 is 2.29 bits per heavy atom. The molecule has 0 aliphatic carbocycles. The number of methoxy groups -OCH3 is 1. The predicted molar refractivity (Wildman–Crippen MR) is 49.7 cm³/mol. The van der Waals surface area contributed by atoms with Crippen LogP contribution in [-0.4, -0.2) is 12.1 Å². The Kier molecular flexibility index (Phi) is 3.46. The van der Waals surface area contributed by atoms with Crippen molar-refractivity contribution in [2.24, 2.45) is 0 Å². The van der Waals surface area contributed by atoms with E-state index in [0.29, 0.717) is 11.3 Å². The van der Waals surface area contributed by atoms with Crippen LogP contribution in [0.25, 0.3) is 0 Å². The number of halogens is 3. The summed E-state index contributed by atoms with van der Waals surface area (Å²) < 4.78 is 29.6. The smallest absolute Gasteiger partial charge is 0.282 e. The maximum absolute atomic E-state index is 12.4. The van der Waals surface area contributed by atoms with Crippen molar-refractivity contribution in [1.82, 2.24) is 4.98 Å². The highest BCUT2D eigenvalue weighted by molar-refractivity contribution is 6.17. The van der Waals surface area contributed by atoms with Gasteiger partial charge in [0.1, 0.15) is 11.4 Å². The molecule has 3 nitrogen and oxygen atoms in total. The van der Waals surface area contributed by atoms with Crippen LogP contribution >= 0.6 is 11.6 Å². The number of nitrogen functional groups attached to an aromatic ring is 1. The summed E-state index contributed by atoms with van der Waals surface area (Å²) in [6.07, 6.45) is -1.52. The number of aromatic nitrogens is 1. The highest BCUT2D eigenvalue weighted by Gasteiger charge is 2.18. The van der Waals surface area contributed by atoms with Crippen LogP contribution in [0.4, 0.5) is 14.5 Å². The third-order valence-corrected chi connectivity index (χ3v) is 2.05. The number of rotatable bonds is 3. The summed E-state index contributed by atoms with van der Waals surface area (Å²) in [6, 6.07) is 0. The van der Waals surface area contributed by atoms with Gasteiger partial charge in [0.05, 0.1) is 24.9 Å². The summed E-state index contributed by atoms with van der Waals surface area (Å²) in [5.74, 6) is 0.332. The van der Waals surface area contributed by atoms with Gasteiger partial charge in [0.2, 0.25) is 0 Å². The molecule has 2 N–H and O–H groups in total. The van der Waals surface area contributed by atoms with Gasteiger partial charge in [0.25, 0.3) is 6.43 Å². The second-order valence-electron chi connectivity index (χ2n) is 2.54. The fourth-order valence-electron chi connectivity index (χ4n) is 1.05. The number of nitrogens with zero attached hydrogens (tertiary/aromatic N) is 1. The average molecular weight is 223 g/mol. The molecular formula is C8H9ClF2N2O. The SMILES string of the molecule is COc1cnc(C(F)F)c(N)c1CCl. The molecule has 0 unspecified atom stereocenters. The zero-order chi connectivity index (χ0) is 10.7. The van der Waals surface area contributed by atoms with Crippen molar-refractivity contribution in [3.63, 3.8) is 0 Å². The summed E-state index contributed by atoms with van der Waals surface area (Å²) in [7, 11) is 1.40. The van der Waals surface area contributed by atoms with Crippen molar-refractivity contribution in [1.29, 1.82) is 0 Å². The number of pyridine rings is 1. The number of hydrogen-bond acceptors (Lipinski definition) is 3. The second-order valence-corrected chi connectivity index (χ2v) is 2.81. The molecule has 0 radical (unpaired) electrons. The van der Waals surface area contributed by atoms with E-state index in [2.05, 4.69) is 4.98 Å². The Morgan fingerprint density at radius 3 is 2.71 bits per heavy atom. The quantitative estimate of drug-likeness (QED) is 0.799. The standard InChI is InChI=1S/C8H9ClF2N2O/c1-14-5-3-13-7(8(10)11)6(12)4(5)2-9/h3,8H,2,12H2,1H3. The van der Waals surface area contributed by atoms with E-state index in [1.54, 1.807) is 0 Å². The molecule has 0 aromatic carbocycles. The van der Waals surface area contributed by atoms with Crippen molar-refractivity contribution < 1.29 is 13.5 Å². The monoisotopic (exact) mass is 222 g/mol. The molecule has 0 atom stereocenters. The molecular weight excluding hydrogens is 214 g/mol. The van der Waals surface area contributed by atoms with E-state index in [1.807, 2.05) is 0 Å². The number of anilines is 1. The molecule has 1 rings (SSSR count). The third kappa shape index (κ3) is 1.87. The van der Waals surface area contributed by atoms with Crippen LogP contribution in [0.1, 0.15) is 17.7 Å². The van der Waals surface area contributed by atoms with Gasteiger partial charge >= 0.3 is 0 Å². The highest BCUT2D eigenvalue weighted by atomic mass is 35.5. The maximum Gasteiger partial charge on any atom is 0.282 e. The first-order chi connectivity index (χ1) is 6.61. The van der Waals surface area contributed by atoms with Crippen molar-refractivity contribution in [3.05, 3.63) is 17.5 Å². The predicted octanol–water partition coefficient (Wildman–Crippen LogP) is 2.35. The Hall–Kier alpha value is -1.10. The van der Waals surface area contributed by atoms with Crippen LogP contribution in [0.15, 0.2) is 6.20 Å². The van der Waals surface area contributed by atoms with Gasteiger partial charge in [-0.1, -0.05) is 0 Å². The van der Waals surface area contributed by atoms with E-state index in [1.165, 1.54) is 13.3 Å². The summed E-state index contributed by atoms with van der Waals surface area (Å²) in [4.78, 5) is 3.50. The Labute approximate surface area is 84.8 Å². The van der Waals surface area contributed by atoms with Crippen LogP contribution in [0.5, 0.6) is 5.75 Å². The molecule has 0 saturated carbocycles. The van der Waals surface area contributed by atoms with Gasteiger partial charge in [-0.25, -0.2) is 13.8 Å². The molecule has 1 aromatic rings. The minimum Gasteiger partial charge on any atom is -0.495 e. The highest BCUT2D eigenvalue weighted by Crippen LogP contribution is 2.32. The summed E-state index contributed by atoms with van der Waals surface area (Å²) in [5, 5.41) is 0. The van der Waals surface area contributed by atoms with Crippen molar-refractivity contribution in [2.75, 3.05) is 12.8 Å². The molecule has 1 heterocycles. The fourth-order valence-corrected chi connectivity index (χ4v) is 1.33. The largest absolute Gasteiger partial charge is 0.495 e. The first-order valence-corrected chi connectivity index (χ1v) is 4.30. The minimum absolute atomic E-state index is 0.0112. The van der Waals surface area contributed by atoms with Gasteiger partial charge in [-0.3, -0.25) is 0 Å². The van der Waals surface area contributed by atoms with Crippen LogP contribution in [0, 0.1) is 0 Å². The lowest BCUT2D eigenvalue weighted by Crippen LogP contribution is -2.04. The van der Waals surface area contributed by atoms with E-state index in [4.69, 9.17) is 22.1 Å². The zero-order valence-corrected chi connectivity index (χ0v) is 8.18. The number of alkyl halides is 3. The molecule has 0 bridgehead atoms. The molecule has 0 saturated heterocycles. The zero-order valence-electron chi connectivity index (χ0n) is 7.43. The lowest BCUT2D eigenvalue weighted by Gasteiger charge is -2.11. The third-order valence-electron chi connectivity index (χ3n) is 1.78. The van der Waals surface area contributed by atoms with Gasteiger partial charge in [-0.15, -0.1) is 11.6 Å². The van der Waals surface area contributed by atoms with Crippen LogP contribution < -0.4 is 10.5 Å². The first-order valence-electron chi connectivity index (χ1n) is 3.77. The van der Waals surface area contributed by atoms with Gasteiger partial charge in [0.15, 0.2) is 0 Å².